The van der Waals surface area contributed by atoms with Crippen LogP contribution in [0.25, 0.3) is 0 Å². The first-order valence-electron chi connectivity index (χ1n) is 3.65. The second kappa shape index (κ2) is 4.36. The van der Waals surface area contributed by atoms with E-state index in [2.05, 4.69) is 16.9 Å². The van der Waals surface area contributed by atoms with Crippen molar-refractivity contribution in [3.8, 4) is 0 Å². The molecule has 0 aromatic heterocycles. The smallest absolute Gasteiger partial charge is 0.263 e. The predicted molar refractivity (Wildman–Crippen MR) is 56.7 cm³/mol. The molecule has 0 unspecified atom stereocenters. The molecule has 0 bridgehead atoms. The van der Waals surface area contributed by atoms with Gasteiger partial charge < -0.3 is 5.43 Å². The van der Waals surface area contributed by atoms with Crippen LogP contribution >= 0.6 is 12.2 Å². The van der Waals surface area contributed by atoms with Crippen molar-refractivity contribution in [3.05, 3.63) is 30.3 Å². The first kappa shape index (κ1) is 10.9. The number of sulfonamides is 1. The summed E-state index contributed by atoms with van der Waals surface area (Å²) >= 11 is 4.58. The second-order valence-corrected chi connectivity index (χ2v) is 4.48. The van der Waals surface area contributed by atoms with Crippen LogP contribution in [-0.4, -0.2) is 13.5 Å². The van der Waals surface area contributed by atoms with Gasteiger partial charge in [0.1, 0.15) is 0 Å². The van der Waals surface area contributed by atoms with E-state index in [-0.39, 0.29) is 10.0 Å². The van der Waals surface area contributed by atoms with Crippen LogP contribution in [0.3, 0.4) is 0 Å². The molecule has 0 amide bonds. The normalized spacial score (nSPS) is 10.6. The van der Waals surface area contributed by atoms with Gasteiger partial charge in [-0.3, -0.25) is 4.72 Å². The summed E-state index contributed by atoms with van der Waals surface area (Å²) in [5.74, 6) is 4.94. The third-order valence-electron chi connectivity index (χ3n) is 1.41. The van der Waals surface area contributed by atoms with Crippen LogP contribution in [0.2, 0.25) is 0 Å². The summed E-state index contributed by atoms with van der Waals surface area (Å²) in [6, 6.07) is 7.88. The zero-order valence-electron chi connectivity index (χ0n) is 7.10. The number of rotatable bonds is 2. The number of nitrogens with two attached hydrogens (primary N) is 1. The van der Waals surface area contributed by atoms with E-state index < -0.39 is 10.0 Å². The van der Waals surface area contributed by atoms with E-state index >= 15 is 0 Å². The molecular formula is C7H9N3O2S2. The first-order chi connectivity index (χ1) is 6.56. The minimum atomic E-state index is -3.61. The molecule has 0 saturated heterocycles. The standard InChI is InChI=1S/C7H9N3O2S2/c8-9-7(13)10-14(11,12)6-4-2-1-3-5-6/h1-5H,8H2,(H2,9,10,13). The third kappa shape index (κ3) is 2.66. The molecule has 0 radical (unpaired) electrons. The van der Waals surface area contributed by atoms with Crippen LogP contribution in [-0.2, 0) is 10.0 Å². The monoisotopic (exact) mass is 231 g/mol. The van der Waals surface area contributed by atoms with Crippen LogP contribution < -0.4 is 16.0 Å². The van der Waals surface area contributed by atoms with Crippen LogP contribution in [0.4, 0.5) is 0 Å². The molecule has 76 valence electrons. The zero-order chi connectivity index (χ0) is 10.6. The molecule has 7 heteroatoms. The fourth-order valence-corrected chi connectivity index (χ4v) is 2.08. The van der Waals surface area contributed by atoms with Gasteiger partial charge in [0.25, 0.3) is 10.0 Å². The maximum Gasteiger partial charge on any atom is 0.263 e. The Morgan fingerprint density at radius 3 is 2.36 bits per heavy atom. The van der Waals surface area contributed by atoms with Gasteiger partial charge in [0, 0.05) is 0 Å². The van der Waals surface area contributed by atoms with E-state index in [0.29, 0.717) is 0 Å². The van der Waals surface area contributed by atoms with Gasteiger partial charge in [-0.1, -0.05) is 18.2 Å². The van der Waals surface area contributed by atoms with Crippen molar-refractivity contribution in [2.24, 2.45) is 5.84 Å². The van der Waals surface area contributed by atoms with Gasteiger partial charge in [-0.15, -0.1) is 0 Å². The van der Waals surface area contributed by atoms with Gasteiger partial charge in [-0.2, -0.15) is 0 Å². The number of thiocarbonyl (C=S) groups is 1. The molecule has 1 rings (SSSR count). The van der Waals surface area contributed by atoms with Crippen molar-refractivity contribution >= 4 is 27.4 Å². The maximum absolute atomic E-state index is 11.5. The number of hydrogen-bond donors (Lipinski definition) is 3. The lowest BCUT2D eigenvalue weighted by Gasteiger charge is -2.07. The van der Waals surface area contributed by atoms with Gasteiger partial charge >= 0.3 is 0 Å². The molecule has 1 aromatic carbocycles. The highest BCUT2D eigenvalue weighted by molar-refractivity contribution is 7.91. The van der Waals surface area contributed by atoms with Crippen LogP contribution in [0.5, 0.6) is 0 Å². The largest absolute Gasteiger partial charge is 0.300 e. The summed E-state index contributed by atoms with van der Waals surface area (Å²) in [5, 5.41) is -0.145. The lowest BCUT2D eigenvalue weighted by Crippen LogP contribution is -2.42. The highest BCUT2D eigenvalue weighted by Gasteiger charge is 2.13. The Bertz CT molecular complexity index is 416. The molecule has 0 atom stereocenters. The van der Waals surface area contributed by atoms with Crippen LogP contribution in [0.1, 0.15) is 0 Å². The Balaban J connectivity index is 2.93. The molecule has 0 aliphatic rings. The average molecular weight is 231 g/mol. The number of hydrogen-bond acceptors (Lipinski definition) is 4. The molecule has 14 heavy (non-hydrogen) atoms. The molecule has 0 aliphatic heterocycles. The summed E-state index contributed by atoms with van der Waals surface area (Å²) in [6.45, 7) is 0. The van der Waals surface area contributed by atoms with Crippen molar-refractivity contribution in [2.75, 3.05) is 0 Å². The Labute approximate surface area is 87.3 Å². The summed E-state index contributed by atoms with van der Waals surface area (Å²) < 4.78 is 25.1. The molecule has 0 spiro atoms. The number of hydrazine groups is 1. The van der Waals surface area contributed by atoms with Gasteiger partial charge in [0.05, 0.1) is 4.90 Å². The first-order valence-corrected chi connectivity index (χ1v) is 5.54. The summed E-state index contributed by atoms with van der Waals surface area (Å²) in [5.41, 5.74) is 2.03. The molecule has 1 aromatic rings. The van der Waals surface area contributed by atoms with Crippen molar-refractivity contribution in [1.29, 1.82) is 0 Å². The fraction of sp³-hybridized carbons (Fsp3) is 0. The van der Waals surface area contributed by atoms with E-state index in [1.54, 1.807) is 18.2 Å². The molecule has 4 N–H and O–H groups in total. The highest BCUT2D eigenvalue weighted by Crippen LogP contribution is 2.06. The van der Waals surface area contributed by atoms with E-state index in [9.17, 15) is 8.42 Å². The Morgan fingerprint density at radius 1 is 1.29 bits per heavy atom. The Morgan fingerprint density at radius 2 is 1.86 bits per heavy atom. The van der Waals surface area contributed by atoms with E-state index in [4.69, 9.17) is 5.84 Å². The van der Waals surface area contributed by atoms with Crippen LogP contribution in [0.15, 0.2) is 35.2 Å². The lowest BCUT2D eigenvalue weighted by atomic mass is 10.4. The number of benzene rings is 1. The van der Waals surface area contributed by atoms with Crippen molar-refractivity contribution < 1.29 is 8.42 Å². The highest BCUT2D eigenvalue weighted by atomic mass is 32.2. The van der Waals surface area contributed by atoms with Crippen molar-refractivity contribution in [2.45, 2.75) is 4.90 Å². The van der Waals surface area contributed by atoms with Crippen molar-refractivity contribution in [3.63, 3.8) is 0 Å². The summed E-state index contributed by atoms with van der Waals surface area (Å²) in [7, 11) is -3.61. The van der Waals surface area contributed by atoms with Gasteiger partial charge in [-0.05, 0) is 24.4 Å². The lowest BCUT2D eigenvalue weighted by molar-refractivity contribution is 0.592. The summed E-state index contributed by atoms with van der Waals surface area (Å²) in [6.07, 6.45) is 0. The molecule has 0 saturated carbocycles. The molecule has 0 aliphatic carbocycles. The second-order valence-electron chi connectivity index (χ2n) is 2.39. The molecular weight excluding hydrogens is 222 g/mol. The number of nitrogens with one attached hydrogen (secondary N) is 2. The van der Waals surface area contributed by atoms with Gasteiger partial charge in [0.2, 0.25) is 0 Å². The summed E-state index contributed by atoms with van der Waals surface area (Å²) in [4.78, 5) is 0.137. The minimum absolute atomic E-state index is 0.137. The van der Waals surface area contributed by atoms with E-state index in [1.807, 2.05) is 5.43 Å². The third-order valence-corrected chi connectivity index (χ3v) is 3.13. The van der Waals surface area contributed by atoms with Crippen molar-refractivity contribution in [1.82, 2.24) is 10.1 Å². The minimum Gasteiger partial charge on any atom is -0.300 e. The fourth-order valence-electron chi connectivity index (χ4n) is 0.810. The Hall–Kier alpha value is -1.18. The zero-order valence-corrected chi connectivity index (χ0v) is 8.73. The average Bonchev–Trinajstić information content (AvgIpc) is 2.18. The topological polar surface area (TPSA) is 84.2 Å². The van der Waals surface area contributed by atoms with Gasteiger partial charge in [-0.25, -0.2) is 14.3 Å². The molecule has 0 fully saturated rings. The predicted octanol–water partition coefficient (Wildman–Crippen LogP) is -0.287. The van der Waals surface area contributed by atoms with E-state index in [1.165, 1.54) is 12.1 Å². The molecule has 5 nitrogen and oxygen atoms in total. The maximum atomic E-state index is 11.5. The van der Waals surface area contributed by atoms with Crippen LogP contribution in [0, 0.1) is 0 Å². The molecule has 0 heterocycles. The van der Waals surface area contributed by atoms with E-state index in [0.717, 1.165) is 0 Å². The van der Waals surface area contributed by atoms with Gasteiger partial charge in [0.15, 0.2) is 5.11 Å². The Kier molecular flexibility index (Phi) is 3.39. The SMILES string of the molecule is NNC(=S)NS(=O)(=O)c1ccccc1. The quantitative estimate of drug-likeness (QED) is 0.370.